The largest absolute Gasteiger partial charge is 0.388 e. The first-order valence-corrected chi connectivity index (χ1v) is 7.66. The Morgan fingerprint density at radius 3 is 3.00 bits per heavy atom. The van der Waals surface area contributed by atoms with Crippen molar-refractivity contribution >= 4 is 11.3 Å². The van der Waals surface area contributed by atoms with Gasteiger partial charge in [-0.3, -0.25) is 0 Å². The van der Waals surface area contributed by atoms with E-state index in [1.54, 1.807) is 11.3 Å². The molecule has 1 saturated heterocycles. The Kier molecular flexibility index (Phi) is 3.50. The topological polar surface area (TPSA) is 23.5 Å². The number of rotatable bonds is 5. The number of aliphatic hydroxyl groups is 1. The van der Waals surface area contributed by atoms with Crippen LogP contribution in [-0.2, 0) is 0 Å². The van der Waals surface area contributed by atoms with E-state index >= 15 is 0 Å². The molecule has 1 N–H and O–H groups in total. The van der Waals surface area contributed by atoms with E-state index in [0.29, 0.717) is 6.04 Å². The van der Waals surface area contributed by atoms with Gasteiger partial charge in [0, 0.05) is 17.5 Å². The second-order valence-electron chi connectivity index (χ2n) is 5.50. The molecule has 2 unspecified atom stereocenters. The summed E-state index contributed by atoms with van der Waals surface area (Å²) in [5.74, 6) is 0.967. The molecule has 17 heavy (non-hydrogen) atoms. The molecule has 2 fully saturated rings. The Bertz CT molecular complexity index is 347. The molecular formula is C14H21NOS. The summed E-state index contributed by atoms with van der Waals surface area (Å²) in [5, 5.41) is 12.3. The van der Waals surface area contributed by atoms with E-state index in [-0.39, 0.29) is 6.10 Å². The molecule has 1 aliphatic heterocycles. The second kappa shape index (κ2) is 5.09. The quantitative estimate of drug-likeness (QED) is 0.869. The van der Waals surface area contributed by atoms with Gasteiger partial charge in [-0.15, -0.1) is 11.3 Å². The molecule has 0 spiro atoms. The summed E-state index contributed by atoms with van der Waals surface area (Å²) in [4.78, 5) is 3.75. The third-order valence-corrected chi connectivity index (χ3v) is 5.03. The molecular weight excluding hydrogens is 230 g/mol. The first-order chi connectivity index (χ1) is 8.33. The minimum Gasteiger partial charge on any atom is -0.388 e. The van der Waals surface area contributed by atoms with Gasteiger partial charge in [-0.05, 0) is 56.0 Å². The van der Waals surface area contributed by atoms with Crippen LogP contribution in [0, 0.1) is 5.92 Å². The molecule has 3 rings (SSSR count). The van der Waals surface area contributed by atoms with Crippen LogP contribution in [0.1, 0.15) is 43.1 Å². The summed E-state index contributed by atoms with van der Waals surface area (Å²) < 4.78 is 0. The summed E-state index contributed by atoms with van der Waals surface area (Å²) in [6.07, 6.45) is 6.12. The van der Waals surface area contributed by atoms with Crippen LogP contribution < -0.4 is 0 Å². The minimum atomic E-state index is -0.250. The summed E-state index contributed by atoms with van der Waals surface area (Å²) in [5.41, 5.74) is 0. The molecule has 2 nitrogen and oxygen atoms in total. The Morgan fingerprint density at radius 1 is 1.41 bits per heavy atom. The van der Waals surface area contributed by atoms with Gasteiger partial charge in [-0.25, -0.2) is 0 Å². The fourth-order valence-electron chi connectivity index (χ4n) is 2.89. The van der Waals surface area contributed by atoms with Crippen LogP contribution in [0.5, 0.6) is 0 Å². The van der Waals surface area contributed by atoms with Gasteiger partial charge >= 0.3 is 0 Å². The SMILES string of the molecule is OC(CC1CCCN1CC1CC1)c1cccs1. The molecule has 0 radical (unpaired) electrons. The molecule has 2 aliphatic rings. The van der Waals surface area contributed by atoms with Crippen LogP contribution in [0.4, 0.5) is 0 Å². The molecule has 94 valence electrons. The zero-order chi connectivity index (χ0) is 11.7. The van der Waals surface area contributed by atoms with Crippen LogP contribution in [-0.4, -0.2) is 29.1 Å². The average Bonchev–Trinajstić information content (AvgIpc) is 2.81. The number of hydrogen-bond acceptors (Lipinski definition) is 3. The first kappa shape index (κ1) is 11.7. The summed E-state index contributed by atoms with van der Waals surface area (Å²) in [6, 6.07) is 4.70. The fraction of sp³-hybridized carbons (Fsp3) is 0.714. The predicted molar refractivity (Wildman–Crippen MR) is 71.2 cm³/mol. The van der Waals surface area contributed by atoms with Crippen molar-refractivity contribution in [1.82, 2.24) is 4.90 Å². The fourth-order valence-corrected chi connectivity index (χ4v) is 3.61. The molecule has 2 heterocycles. The van der Waals surface area contributed by atoms with Gasteiger partial charge in [0.1, 0.15) is 0 Å². The molecule has 1 saturated carbocycles. The van der Waals surface area contributed by atoms with Crippen LogP contribution in [0.25, 0.3) is 0 Å². The van der Waals surface area contributed by atoms with Crippen molar-refractivity contribution in [3.63, 3.8) is 0 Å². The molecule has 2 atom stereocenters. The molecule has 1 aliphatic carbocycles. The number of likely N-dealkylation sites (tertiary alicyclic amines) is 1. The lowest BCUT2D eigenvalue weighted by atomic mass is 10.1. The molecule has 0 bridgehead atoms. The maximum absolute atomic E-state index is 10.2. The number of thiophene rings is 1. The summed E-state index contributed by atoms with van der Waals surface area (Å²) in [6.45, 7) is 2.53. The van der Waals surface area contributed by atoms with Crippen LogP contribution in [0.15, 0.2) is 17.5 Å². The number of aliphatic hydroxyl groups excluding tert-OH is 1. The van der Waals surface area contributed by atoms with Crippen molar-refractivity contribution in [3.8, 4) is 0 Å². The Balaban J connectivity index is 1.55. The standard InChI is InChI=1S/C14H21NOS/c16-13(14-4-2-8-17-14)9-12-3-1-7-15(12)10-11-5-6-11/h2,4,8,11-13,16H,1,3,5-7,9-10H2. The van der Waals surface area contributed by atoms with Crippen molar-refractivity contribution < 1.29 is 5.11 Å². The van der Waals surface area contributed by atoms with Crippen molar-refractivity contribution in [3.05, 3.63) is 22.4 Å². The maximum Gasteiger partial charge on any atom is 0.0896 e. The number of hydrogen-bond donors (Lipinski definition) is 1. The molecule has 3 heteroatoms. The van der Waals surface area contributed by atoms with Gasteiger partial charge in [0.15, 0.2) is 0 Å². The highest BCUT2D eigenvalue weighted by Crippen LogP contribution is 2.35. The number of nitrogens with zero attached hydrogens (tertiary/aromatic N) is 1. The minimum absolute atomic E-state index is 0.250. The molecule has 1 aromatic heterocycles. The van der Waals surface area contributed by atoms with Gasteiger partial charge in [0.2, 0.25) is 0 Å². The van der Waals surface area contributed by atoms with E-state index < -0.39 is 0 Å². The average molecular weight is 251 g/mol. The van der Waals surface area contributed by atoms with Crippen molar-refractivity contribution in [2.24, 2.45) is 5.92 Å². The van der Waals surface area contributed by atoms with Crippen molar-refractivity contribution in [1.29, 1.82) is 0 Å². The van der Waals surface area contributed by atoms with Gasteiger partial charge in [-0.1, -0.05) is 6.07 Å². The smallest absolute Gasteiger partial charge is 0.0896 e. The predicted octanol–water partition coefficient (Wildman–Crippen LogP) is 3.05. The lowest BCUT2D eigenvalue weighted by molar-refractivity contribution is 0.121. The lowest BCUT2D eigenvalue weighted by Crippen LogP contribution is -2.32. The normalized spacial score (nSPS) is 27.5. The third kappa shape index (κ3) is 2.90. The Morgan fingerprint density at radius 2 is 2.29 bits per heavy atom. The molecule has 0 amide bonds. The highest BCUT2D eigenvalue weighted by molar-refractivity contribution is 7.10. The zero-order valence-corrected chi connectivity index (χ0v) is 11.0. The molecule has 1 aromatic rings. The van der Waals surface area contributed by atoms with E-state index in [1.807, 2.05) is 6.07 Å². The Hall–Kier alpha value is -0.380. The second-order valence-corrected chi connectivity index (χ2v) is 6.48. The van der Waals surface area contributed by atoms with Crippen LogP contribution in [0.3, 0.4) is 0 Å². The monoisotopic (exact) mass is 251 g/mol. The van der Waals surface area contributed by atoms with Crippen LogP contribution in [0.2, 0.25) is 0 Å². The van der Waals surface area contributed by atoms with Crippen LogP contribution >= 0.6 is 11.3 Å². The van der Waals surface area contributed by atoms with E-state index in [1.165, 1.54) is 38.8 Å². The Labute approximate surface area is 107 Å². The van der Waals surface area contributed by atoms with E-state index in [0.717, 1.165) is 17.2 Å². The van der Waals surface area contributed by atoms with Gasteiger partial charge in [0.25, 0.3) is 0 Å². The lowest BCUT2D eigenvalue weighted by Gasteiger charge is -2.26. The van der Waals surface area contributed by atoms with Gasteiger partial charge in [0.05, 0.1) is 6.10 Å². The van der Waals surface area contributed by atoms with Gasteiger partial charge in [-0.2, -0.15) is 0 Å². The van der Waals surface area contributed by atoms with Gasteiger partial charge < -0.3 is 10.0 Å². The highest BCUT2D eigenvalue weighted by atomic mass is 32.1. The highest BCUT2D eigenvalue weighted by Gasteiger charge is 2.32. The maximum atomic E-state index is 10.2. The molecule has 0 aromatic carbocycles. The summed E-state index contributed by atoms with van der Waals surface area (Å²) in [7, 11) is 0. The summed E-state index contributed by atoms with van der Waals surface area (Å²) >= 11 is 1.67. The van der Waals surface area contributed by atoms with E-state index in [9.17, 15) is 5.11 Å². The van der Waals surface area contributed by atoms with Crippen molar-refractivity contribution in [2.45, 2.75) is 44.2 Å². The third-order valence-electron chi connectivity index (χ3n) is 4.06. The van der Waals surface area contributed by atoms with Crippen molar-refractivity contribution in [2.75, 3.05) is 13.1 Å². The zero-order valence-electron chi connectivity index (χ0n) is 10.2. The van der Waals surface area contributed by atoms with E-state index in [4.69, 9.17) is 0 Å². The first-order valence-electron chi connectivity index (χ1n) is 6.78. The van der Waals surface area contributed by atoms with E-state index in [2.05, 4.69) is 16.3 Å².